The summed E-state index contributed by atoms with van der Waals surface area (Å²) in [5, 5.41) is 0.205. The molecule has 0 fully saturated rings. The van der Waals surface area contributed by atoms with E-state index in [-0.39, 0.29) is 21.4 Å². The highest BCUT2D eigenvalue weighted by atomic mass is 35.5. The predicted molar refractivity (Wildman–Crippen MR) is 68.2 cm³/mol. The molecule has 0 aromatic heterocycles. The zero-order valence-electron chi connectivity index (χ0n) is 8.34. The average molecular weight is 288 g/mol. The molecule has 2 rings (SSSR count). The standard InChI is InChI=1S/C12H5Cl3O2/c13-7-3-1-6(2-4-7)10-9(16)5-8(14)12(17)11(10)15/h1-5H. The molecule has 0 atom stereocenters. The van der Waals surface area contributed by atoms with Crippen molar-refractivity contribution in [2.75, 3.05) is 0 Å². The summed E-state index contributed by atoms with van der Waals surface area (Å²) >= 11 is 17.2. The molecule has 0 spiro atoms. The Bertz CT molecular complexity index is 568. The number of Topliss-reactive ketones (excluding diaryl/α,β-unsaturated/α-hetero) is 1. The summed E-state index contributed by atoms with van der Waals surface area (Å²) in [7, 11) is 0. The molecule has 1 aliphatic rings. The van der Waals surface area contributed by atoms with E-state index in [1.807, 2.05) is 0 Å². The summed E-state index contributed by atoms with van der Waals surface area (Å²) in [6, 6.07) is 6.48. The van der Waals surface area contributed by atoms with Gasteiger partial charge < -0.3 is 0 Å². The van der Waals surface area contributed by atoms with E-state index in [2.05, 4.69) is 0 Å². The van der Waals surface area contributed by atoms with Gasteiger partial charge in [-0.2, -0.15) is 0 Å². The van der Waals surface area contributed by atoms with Crippen LogP contribution >= 0.6 is 34.8 Å². The van der Waals surface area contributed by atoms with Crippen LogP contribution in [-0.4, -0.2) is 11.6 Å². The minimum atomic E-state index is -0.544. The molecule has 0 unspecified atom stereocenters. The first-order valence-electron chi connectivity index (χ1n) is 4.62. The van der Waals surface area contributed by atoms with Gasteiger partial charge in [-0.3, -0.25) is 9.59 Å². The highest BCUT2D eigenvalue weighted by Crippen LogP contribution is 2.31. The van der Waals surface area contributed by atoms with Crippen LogP contribution in [0.4, 0.5) is 0 Å². The lowest BCUT2D eigenvalue weighted by molar-refractivity contribution is -0.113. The molecule has 0 amide bonds. The molecule has 0 aliphatic heterocycles. The van der Waals surface area contributed by atoms with Gasteiger partial charge in [0.15, 0.2) is 5.78 Å². The topological polar surface area (TPSA) is 34.1 Å². The molecule has 2 nitrogen and oxygen atoms in total. The average Bonchev–Trinajstić information content (AvgIpc) is 2.29. The van der Waals surface area contributed by atoms with Crippen molar-refractivity contribution in [2.24, 2.45) is 0 Å². The van der Waals surface area contributed by atoms with Crippen LogP contribution in [0.5, 0.6) is 0 Å². The van der Waals surface area contributed by atoms with E-state index < -0.39 is 5.78 Å². The Balaban J connectivity index is 2.55. The molecule has 0 N–H and O–H groups in total. The first-order valence-corrected chi connectivity index (χ1v) is 5.76. The number of halogens is 3. The van der Waals surface area contributed by atoms with Crippen LogP contribution < -0.4 is 0 Å². The highest BCUT2D eigenvalue weighted by Gasteiger charge is 2.27. The van der Waals surface area contributed by atoms with E-state index in [1.165, 1.54) is 0 Å². The van der Waals surface area contributed by atoms with Gasteiger partial charge in [-0.25, -0.2) is 0 Å². The number of carbonyl (C=O) groups is 2. The van der Waals surface area contributed by atoms with Crippen molar-refractivity contribution < 1.29 is 9.59 Å². The number of ketones is 2. The van der Waals surface area contributed by atoms with Gasteiger partial charge in [0.2, 0.25) is 5.78 Å². The van der Waals surface area contributed by atoms with E-state index in [0.29, 0.717) is 10.6 Å². The zero-order valence-corrected chi connectivity index (χ0v) is 10.6. The summed E-state index contributed by atoms with van der Waals surface area (Å²) in [6.07, 6.45) is 1.07. The largest absolute Gasteiger partial charge is 0.289 e. The Morgan fingerprint density at radius 1 is 0.882 bits per heavy atom. The van der Waals surface area contributed by atoms with Gasteiger partial charge in [-0.15, -0.1) is 0 Å². The lowest BCUT2D eigenvalue weighted by Gasteiger charge is -2.12. The number of hydrogen-bond acceptors (Lipinski definition) is 2. The molecule has 1 aliphatic carbocycles. The number of rotatable bonds is 1. The fourth-order valence-electron chi connectivity index (χ4n) is 1.46. The Morgan fingerprint density at radius 2 is 1.47 bits per heavy atom. The number of benzene rings is 1. The van der Waals surface area contributed by atoms with Crippen LogP contribution in [0.3, 0.4) is 0 Å². The van der Waals surface area contributed by atoms with Crippen molar-refractivity contribution in [3.05, 3.63) is 51.0 Å². The maximum atomic E-state index is 11.8. The van der Waals surface area contributed by atoms with Crippen LogP contribution in [-0.2, 0) is 9.59 Å². The van der Waals surface area contributed by atoms with Crippen molar-refractivity contribution in [3.8, 4) is 0 Å². The molecule has 0 bridgehead atoms. The lowest BCUT2D eigenvalue weighted by atomic mass is 9.96. The molecule has 0 heterocycles. The second kappa shape index (κ2) is 4.65. The van der Waals surface area contributed by atoms with E-state index >= 15 is 0 Å². The summed E-state index contributed by atoms with van der Waals surface area (Å²) in [5.74, 6) is -0.931. The first kappa shape index (κ1) is 12.4. The van der Waals surface area contributed by atoms with Crippen molar-refractivity contribution >= 4 is 51.9 Å². The minimum absolute atomic E-state index is 0.151. The molecule has 1 aromatic carbocycles. The molecular weight excluding hydrogens is 282 g/mol. The summed E-state index contributed by atoms with van der Waals surface area (Å²) in [5.41, 5.74) is 0.691. The van der Waals surface area contributed by atoms with Crippen molar-refractivity contribution in [1.82, 2.24) is 0 Å². The molecule has 0 saturated carbocycles. The second-order valence-electron chi connectivity index (χ2n) is 3.38. The van der Waals surface area contributed by atoms with Gasteiger partial charge in [0, 0.05) is 11.1 Å². The minimum Gasteiger partial charge on any atom is -0.289 e. The van der Waals surface area contributed by atoms with Crippen molar-refractivity contribution in [1.29, 1.82) is 0 Å². The number of carbonyl (C=O) groups excluding carboxylic acids is 2. The third-order valence-corrected chi connectivity index (χ3v) is 3.17. The third-order valence-electron chi connectivity index (χ3n) is 2.27. The van der Waals surface area contributed by atoms with Crippen LogP contribution in [0, 0.1) is 0 Å². The second-order valence-corrected chi connectivity index (χ2v) is 4.60. The van der Waals surface area contributed by atoms with Gasteiger partial charge >= 0.3 is 0 Å². The Kier molecular flexibility index (Phi) is 3.38. The maximum Gasteiger partial charge on any atom is 0.216 e. The normalized spacial score (nSPS) is 16.3. The van der Waals surface area contributed by atoms with E-state index in [4.69, 9.17) is 34.8 Å². The van der Waals surface area contributed by atoms with Gasteiger partial charge in [0.25, 0.3) is 0 Å². The zero-order chi connectivity index (χ0) is 12.6. The number of hydrogen-bond donors (Lipinski definition) is 0. The summed E-state index contributed by atoms with van der Waals surface area (Å²) in [6.45, 7) is 0. The van der Waals surface area contributed by atoms with Gasteiger partial charge in [0.05, 0.1) is 10.6 Å². The van der Waals surface area contributed by atoms with Gasteiger partial charge in [-0.1, -0.05) is 46.9 Å². The monoisotopic (exact) mass is 286 g/mol. The maximum absolute atomic E-state index is 11.8. The van der Waals surface area contributed by atoms with E-state index in [9.17, 15) is 9.59 Å². The Hall–Kier alpha value is -1.09. The molecule has 17 heavy (non-hydrogen) atoms. The van der Waals surface area contributed by atoms with Crippen LogP contribution in [0.25, 0.3) is 5.57 Å². The SMILES string of the molecule is O=C1C=C(Cl)C(=O)C(Cl)=C1c1ccc(Cl)cc1. The van der Waals surface area contributed by atoms with Crippen LogP contribution in [0.15, 0.2) is 40.4 Å². The lowest BCUT2D eigenvalue weighted by Crippen LogP contribution is -2.13. The predicted octanol–water partition coefficient (Wildman–Crippen LogP) is 3.56. The molecule has 1 aromatic rings. The summed E-state index contributed by atoms with van der Waals surface area (Å²) < 4.78 is 0. The third kappa shape index (κ3) is 2.29. The Labute approximate surface area is 112 Å². The van der Waals surface area contributed by atoms with Gasteiger partial charge in [0.1, 0.15) is 5.03 Å². The van der Waals surface area contributed by atoms with Crippen molar-refractivity contribution in [3.63, 3.8) is 0 Å². The van der Waals surface area contributed by atoms with Crippen molar-refractivity contribution in [2.45, 2.75) is 0 Å². The van der Waals surface area contributed by atoms with E-state index in [1.54, 1.807) is 24.3 Å². The highest BCUT2D eigenvalue weighted by molar-refractivity contribution is 6.62. The van der Waals surface area contributed by atoms with E-state index in [0.717, 1.165) is 6.08 Å². The van der Waals surface area contributed by atoms with Crippen LogP contribution in [0.1, 0.15) is 5.56 Å². The summed E-state index contributed by atoms with van der Waals surface area (Å²) in [4.78, 5) is 23.3. The molecule has 86 valence electrons. The quantitative estimate of drug-likeness (QED) is 0.740. The van der Waals surface area contributed by atoms with Crippen LogP contribution in [0.2, 0.25) is 5.02 Å². The first-order chi connectivity index (χ1) is 8.00. The fraction of sp³-hybridized carbons (Fsp3) is 0. The smallest absolute Gasteiger partial charge is 0.216 e. The fourth-order valence-corrected chi connectivity index (χ4v) is 2.14. The Morgan fingerprint density at radius 3 is 2.06 bits per heavy atom. The molecular formula is C12H5Cl3O2. The molecule has 0 radical (unpaired) electrons. The number of allylic oxidation sites excluding steroid dienone is 4. The molecule has 0 saturated heterocycles. The van der Waals surface area contributed by atoms with Gasteiger partial charge in [-0.05, 0) is 17.7 Å². The molecule has 5 heteroatoms.